The summed E-state index contributed by atoms with van der Waals surface area (Å²) in [6.07, 6.45) is 3.98. The van der Waals surface area contributed by atoms with Crippen LogP contribution in [0.5, 0.6) is 5.75 Å². The molecule has 1 aliphatic heterocycles. The van der Waals surface area contributed by atoms with Crippen molar-refractivity contribution in [2.45, 2.75) is 39.5 Å². The number of phenolic OH excluding ortho intramolecular Hbond substituents is 1. The molecule has 0 fully saturated rings. The molecule has 0 bridgehead atoms. The monoisotopic (exact) mass is 604 g/mol. The highest BCUT2D eigenvalue weighted by Crippen LogP contribution is 2.50. The largest absolute Gasteiger partial charge is 0.506 e. The molecule has 228 valence electrons. The van der Waals surface area contributed by atoms with Crippen molar-refractivity contribution < 1.29 is 9.52 Å². The summed E-state index contributed by atoms with van der Waals surface area (Å²) in [4.78, 5) is 9.33. The van der Waals surface area contributed by atoms with Crippen molar-refractivity contribution in [3.8, 4) is 22.8 Å². The highest BCUT2D eigenvalue weighted by Gasteiger charge is 2.32. The second kappa shape index (κ2) is 10.8. The van der Waals surface area contributed by atoms with E-state index in [2.05, 4.69) is 115 Å². The number of aromatic hydroxyl groups is 1. The Balaban J connectivity index is 1.23. The maximum absolute atomic E-state index is 11.3. The Hall–Kier alpha value is -5.49. The minimum absolute atomic E-state index is 0.184. The van der Waals surface area contributed by atoms with Gasteiger partial charge >= 0.3 is 0 Å². The Morgan fingerprint density at radius 3 is 2.15 bits per heavy atom. The normalized spacial score (nSPS) is 13.1. The molecule has 46 heavy (non-hydrogen) atoms. The molecule has 0 atom stereocenters. The van der Waals surface area contributed by atoms with Crippen LogP contribution in [0.2, 0.25) is 0 Å². The zero-order chi connectivity index (χ0) is 31.5. The van der Waals surface area contributed by atoms with Crippen molar-refractivity contribution in [1.82, 2.24) is 9.55 Å². The van der Waals surface area contributed by atoms with Gasteiger partial charge in [0.05, 0.1) is 17.1 Å². The topological polar surface area (TPSA) is 57.7 Å². The van der Waals surface area contributed by atoms with Crippen molar-refractivity contribution in [2.24, 2.45) is 0 Å². The third kappa shape index (κ3) is 4.36. The molecule has 6 nitrogen and oxygen atoms in total. The Morgan fingerprint density at radius 1 is 0.696 bits per heavy atom. The fourth-order valence-corrected chi connectivity index (χ4v) is 6.95. The summed E-state index contributed by atoms with van der Waals surface area (Å²) in [7, 11) is 0. The maximum atomic E-state index is 11.3. The number of benzene rings is 5. The van der Waals surface area contributed by atoms with Gasteiger partial charge in [0, 0.05) is 34.4 Å². The average Bonchev–Trinajstić information content (AvgIpc) is 3.80. The molecule has 0 amide bonds. The molecule has 0 saturated carbocycles. The minimum atomic E-state index is 0.184. The van der Waals surface area contributed by atoms with Crippen molar-refractivity contribution >= 4 is 44.7 Å². The summed E-state index contributed by atoms with van der Waals surface area (Å²) in [6.45, 7) is 9.51. The fourth-order valence-electron chi connectivity index (χ4n) is 6.95. The molecule has 0 saturated heterocycles. The van der Waals surface area contributed by atoms with Crippen LogP contribution in [0.15, 0.2) is 120 Å². The highest BCUT2D eigenvalue weighted by atomic mass is 16.3. The molecule has 5 aromatic carbocycles. The van der Waals surface area contributed by atoms with Crippen LogP contribution >= 0.6 is 0 Å². The van der Waals surface area contributed by atoms with Crippen LogP contribution in [-0.2, 0) is 0 Å². The third-order valence-electron chi connectivity index (χ3n) is 9.16. The van der Waals surface area contributed by atoms with Gasteiger partial charge < -0.3 is 19.3 Å². The smallest absolute Gasteiger partial charge is 0.162 e. The number of anilines is 4. The number of para-hydroxylation sites is 4. The highest BCUT2D eigenvalue weighted by molar-refractivity contribution is 6.11. The molecule has 0 radical (unpaired) electrons. The van der Waals surface area contributed by atoms with Crippen LogP contribution < -0.4 is 9.80 Å². The molecule has 1 aliphatic rings. The van der Waals surface area contributed by atoms with Gasteiger partial charge in [-0.15, -0.1) is 0 Å². The lowest BCUT2D eigenvalue weighted by Crippen LogP contribution is -2.24. The van der Waals surface area contributed by atoms with E-state index in [1.54, 1.807) is 6.07 Å². The first-order valence-electron chi connectivity index (χ1n) is 15.9. The first-order valence-corrected chi connectivity index (χ1v) is 15.9. The molecular formula is C40H36N4O2. The van der Waals surface area contributed by atoms with Gasteiger partial charge in [0.2, 0.25) is 0 Å². The van der Waals surface area contributed by atoms with Crippen molar-refractivity contribution in [1.29, 1.82) is 0 Å². The molecule has 0 aliphatic carbocycles. The quantitative estimate of drug-likeness (QED) is 0.205. The zero-order valence-electron chi connectivity index (χ0n) is 26.5. The van der Waals surface area contributed by atoms with E-state index in [0.717, 1.165) is 44.8 Å². The number of imidazole rings is 1. The average molecular weight is 605 g/mol. The summed E-state index contributed by atoms with van der Waals surface area (Å²) in [5.74, 6) is 1.83. The Kier molecular flexibility index (Phi) is 6.60. The van der Waals surface area contributed by atoms with Gasteiger partial charge in [-0.3, -0.25) is 4.57 Å². The standard InChI is InChI=1S/C40H36N4O2/c1-25(2)29-14-10-15-30(26(3)4)37(29)42-22-21-41-40(42)27-11-9-12-28(23-27)43-24-44(34-17-7-6-16-33(34)43)38-35(45)20-19-32-31-13-5-8-18-36(31)46-39(32)38/h5-23,25-26,45H,24H2,1-4H3. The summed E-state index contributed by atoms with van der Waals surface area (Å²) >= 11 is 0. The van der Waals surface area contributed by atoms with Gasteiger partial charge in [-0.2, -0.15) is 0 Å². The van der Waals surface area contributed by atoms with Crippen LogP contribution in [0.25, 0.3) is 39.0 Å². The molecule has 0 unspecified atom stereocenters. The summed E-state index contributed by atoms with van der Waals surface area (Å²) < 4.78 is 8.64. The van der Waals surface area contributed by atoms with E-state index < -0.39 is 0 Å². The number of aromatic nitrogens is 2. The van der Waals surface area contributed by atoms with Gasteiger partial charge in [-0.25, -0.2) is 4.98 Å². The van der Waals surface area contributed by atoms with E-state index in [9.17, 15) is 5.11 Å². The molecule has 1 N–H and O–H groups in total. The van der Waals surface area contributed by atoms with E-state index >= 15 is 0 Å². The molecule has 2 aromatic heterocycles. The summed E-state index contributed by atoms with van der Waals surface area (Å²) in [6, 6.07) is 35.3. The molecular weight excluding hydrogens is 568 g/mol. The Morgan fingerprint density at radius 2 is 1.39 bits per heavy atom. The number of fused-ring (bicyclic) bond motifs is 4. The zero-order valence-corrected chi connectivity index (χ0v) is 26.5. The van der Waals surface area contributed by atoms with Crippen LogP contribution in [-0.4, -0.2) is 21.3 Å². The van der Waals surface area contributed by atoms with E-state index in [-0.39, 0.29) is 5.75 Å². The molecule has 8 rings (SSSR count). The van der Waals surface area contributed by atoms with E-state index in [1.807, 2.05) is 36.5 Å². The van der Waals surface area contributed by atoms with E-state index in [4.69, 9.17) is 9.40 Å². The first kappa shape index (κ1) is 28.0. The van der Waals surface area contributed by atoms with Gasteiger partial charge in [-0.05, 0) is 65.4 Å². The lowest BCUT2D eigenvalue weighted by molar-refractivity contribution is 0.475. The van der Waals surface area contributed by atoms with Gasteiger partial charge in [-0.1, -0.05) is 88.4 Å². The van der Waals surface area contributed by atoms with Crippen molar-refractivity contribution in [3.63, 3.8) is 0 Å². The van der Waals surface area contributed by atoms with Crippen LogP contribution in [0.1, 0.15) is 50.7 Å². The van der Waals surface area contributed by atoms with E-state index in [0.29, 0.717) is 29.8 Å². The SMILES string of the molecule is CC(C)c1cccc(C(C)C)c1-n1ccnc1-c1cccc(N2CN(c3c(O)ccc4c3oc3ccccc34)c3ccccc32)c1. The van der Waals surface area contributed by atoms with Gasteiger partial charge in [0.25, 0.3) is 0 Å². The number of hydrogen-bond donors (Lipinski definition) is 1. The molecule has 0 spiro atoms. The lowest BCUT2D eigenvalue weighted by atomic mass is 9.92. The molecule has 7 aromatic rings. The third-order valence-corrected chi connectivity index (χ3v) is 9.16. The minimum Gasteiger partial charge on any atom is -0.506 e. The first-order chi connectivity index (χ1) is 22.4. The molecule has 6 heteroatoms. The van der Waals surface area contributed by atoms with Crippen molar-refractivity contribution in [2.75, 3.05) is 16.5 Å². The fraction of sp³-hybridized carbons (Fsp3) is 0.175. The number of phenols is 1. The number of hydrogen-bond acceptors (Lipinski definition) is 5. The van der Waals surface area contributed by atoms with Crippen LogP contribution in [0.3, 0.4) is 0 Å². The second-order valence-electron chi connectivity index (χ2n) is 12.7. The Bertz CT molecular complexity index is 2220. The predicted octanol–water partition coefficient (Wildman–Crippen LogP) is 10.6. The summed E-state index contributed by atoms with van der Waals surface area (Å²) in [5.41, 5.74) is 10.1. The van der Waals surface area contributed by atoms with Gasteiger partial charge in [0.15, 0.2) is 5.58 Å². The predicted molar refractivity (Wildman–Crippen MR) is 188 cm³/mol. The van der Waals surface area contributed by atoms with E-state index in [1.165, 1.54) is 16.8 Å². The molecule has 3 heterocycles. The summed E-state index contributed by atoms with van der Waals surface area (Å²) in [5, 5.41) is 13.3. The second-order valence-corrected chi connectivity index (χ2v) is 12.7. The number of nitrogens with zero attached hydrogens (tertiary/aromatic N) is 4. The van der Waals surface area contributed by atoms with Crippen molar-refractivity contribution in [3.05, 3.63) is 127 Å². The number of furan rings is 1. The maximum Gasteiger partial charge on any atom is 0.162 e. The lowest BCUT2D eigenvalue weighted by Gasteiger charge is -2.24. The van der Waals surface area contributed by atoms with Gasteiger partial charge in [0.1, 0.15) is 29.5 Å². The Labute approximate surface area is 268 Å². The van der Waals surface area contributed by atoms with Crippen LogP contribution in [0.4, 0.5) is 22.7 Å². The van der Waals surface area contributed by atoms with Crippen LogP contribution in [0, 0.1) is 0 Å². The number of rotatable bonds is 6.